The molecule has 0 bridgehead atoms. The molecule has 0 fully saturated rings. The van der Waals surface area contributed by atoms with E-state index < -0.39 is 12.7 Å². The maximum atomic E-state index is 12.5. The Bertz CT molecular complexity index is 429. The fourth-order valence-electron chi connectivity index (χ4n) is 2.18. The second kappa shape index (κ2) is 8.73. The van der Waals surface area contributed by atoms with Crippen molar-refractivity contribution in [2.24, 2.45) is 0 Å². The summed E-state index contributed by atoms with van der Waals surface area (Å²) in [6.45, 7) is -0.994. The predicted molar refractivity (Wildman–Crippen MR) is 80.1 cm³/mol. The molecular formula is C14H20BrF3N2O. The van der Waals surface area contributed by atoms with Gasteiger partial charge in [0.2, 0.25) is 0 Å². The number of aliphatic hydroxyl groups is 1. The molecule has 1 aromatic carbocycles. The first-order chi connectivity index (χ1) is 9.85. The molecule has 1 aromatic rings. The van der Waals surface area contributed by atoms with Crippen molar-refractivity contribution in [3.63, 3.8) is 0 Å². The van der Waals surface area contributed by atoms with Crippen LogP contribution in [0.1, 0.15) is 18.0 Å². The lowest BCUT2D eigenvalue weighted by Gasteiger charge is -2.25. The largest absolute Gasteiger partial charge is 0.401 e. The lowest BCUT2D eigenvalue weighted by atomic mass is 10.0. The van der Waals surface area contributed by atoms with E-state index in [1.807, 2.05) is 24.3 Å². The number of nitrogens with zero attached hydrogens (tertiary/aromatic N) is 1. The van der Waals surface area contributed by atoms with Crippen LogP contribution >= 0.6 is 15.9 Å². The van der Waals surface area contributed by atoms with Gasteiger partial charge in [0.1, 0.15) is 0 Å². The van der Waals surface area contributed by atoms with E-state index in [0.717, 1.165) is 10.0 Å². The maximum Gasteiger partial charge on any atom is 0.401 e. The molecule has 0 radical (unpaired) electrons. The van der Waals surface area contributed by atoms with Crippen molar-refractivity contribution in [2.75, 3.05) is 33.3 Å². The Hall–Kier alpha value is -0.630. The summed E-state index contributed by atoms with van der Waals surface area (Å²) in [4.78, 5) is 1.22. The van der Waals surface area contributed by atoms with E-state index in [1.54, 1.807) is 7.05 Å². The van der Waals surface area contributed by atoms with Gasteiger partial charge in [0.15, 0.2) is 0 Å². The first-order valence-electron chi connectivity index (χ1n) is 6.68. The normalized spacial score (nSPS) is 13.7. The summed E-state index contributed by atoms with van der Waals surface area (Å²) in [5.41, 5.74) is 1.02. The third-order valence-electron chi connectivity index (χ3n) is 3.15. The molecule has 21 heavy (non-hydrogen) atoms. The number of alkyl halides is 3. The smallest absolute Gasteiger partial charge is 0.395 e. The van der Waals surface area contributed by atoms with Crippen LogP contribution in [0, 0.1) is 0 Å². The summed E-state index contributed by atoms with van der Waals surface area (Å²) in [7, 11) is 1.78. The molecule has 0 aliphatic heterocycles. The minimum Gasteiger partial charge on any atom is -0.395 e. The van der Waals surface area contributed by atoms with Gasteiger partial charge >= 0.3 is 6.18 Å². The molecule has 0 amide bonds. The van der Waals surface area contributed by atoms with Gasteiger partial charge in [0, 0.05) is 23.6 Å². The van der Waals surface area contributed by atoms with Crippen molar-refractivity contribution >= 4 is 15.9 Å². The SMILES string of the molecule is CNC(CCN(CCO)CC(F)(F)F)c1cccc(Br)c1. The average Bonchev–Trinajstić information content (AvgIpc) is 2.38. The summed E-state index contributed by atoms with van der Waals surface area (Å²) in [6.07, 6.45) is -3.72. The first kappa shape index (κ1) is 18.4. The van der Waals surface area contributed by atoms with Crippen molar-refractivity contribution in [1.29, 1.82) is 0 Å². The molecule has 1 atom stereocenters. The topological polar surface area (TPSA) is 35.5 Å². The molecule has 1 rings (SSSR count). The molecule has 0 heterocycles. The Labute approximate surface area is 131 Å². The van der Waals surface area contributed by atoms with Gasteiger partial charge in [-0.05, 0) is 31.2 Å². The molecule has 0 spiro atoms. The van der Waals surface area contributed by atoms with E-state index in [1.165, 1.54) is 4.90 Å². The second-order valence-corrected chi connectivity index (χ2v) is 5.72. The summed E-state index contributed by atoms with van der Waals surface area (Å²) in [6, 6.07) is 7.65. The number of hydrogen-bond donors (Lipinski definition) is 2. The predicted octanol–water partition coefficient (Wildman–Crippen LogP) is 2.96. The van der Waals surface area contributed by atoms with Crippen molar-refractivity contribution in [3.05, 3.63) is 34.3 Å². The minimum atomic E-state index is -4.25. The van der Waals surface area contributed by atoms with Gasteiger partial charge in [0.05, 0.1) is 13.2 Å². The van der Waals surface area contributed by atoms with Crippen LogP contribution in [-0.2, 0) is 0 Å². The maximum absolute atomic E-state index is 12.5. The molecule has 120 valence electrons. The van der Waals surface area contributed by atoms with Gasteiger partial charge in [0.25, 0.3) is 0 Å². The van der Waals surface area contributed by atoms with Crippen molar-refractivity contribution in [2.45, 2.75) is 18.6 Å². The molecule has 0 saturated heterocycles. The Balaban J connectivity index is 2.63. The van der Waals surface area contributed by atoms with Crippen LogP contribution in [0.2, 0.25) is 0 Å². The zero-order valence-electron chi connectivity index (χ0n) is 11.8. The lowest BCUT2D eigenvalue weighted by Crippen LogP contribution is -2.38. The van der Waals surface area contributed by atoms with Crippen LogP contribution in [0.4, 0.5) is 13.2 Å². The Morgan fingerprint density at radius 2 is 2.05 bits per heavy atom. The van der Waals surface area contributed by atoms with E-state index in [-0.39, 0.29) is 25.7 Å². The van der Waals surface area contributed by atoms with Crippen molar-refractivity contribution < 1.29 is 18.3 Å². The van der Waals surface area contributed by atoms with Crippen LogP contribution in [0.25, 0.3) is 0 Å². The van der Waals surface area contributed by atoms with Gasteiger partial charge in [-0.25, -0.2) is 0 Å². The zero-order valence-corrected chi connectivity index (χ0v) is 13.4. The number of aliphatic hydroxyl groups excluding tert-OH is 1. The molecule has 3 nitrogen and oxygen atoms in total. The van der Waals surface area contributed by atoms with E-state index in [2.05, 4.69) is 21.2 Å². The van der Waals surface area contributed by atoms with Gasteiger partial charge in [-0.15, -0.1) is 0 Å². The summed E-state index contributed by atoms with van der Waals surface area (Å²) < 4.78 is 38.3. The molecule has 1 unspecified atom stereocenters. The molecule has 2 N–H and O–H groups in total. The number of benzene rings is 1. The number of halogens is 4. The molecule has 0 saturated carbocycles. The third kappa shape index (κ3) is 7.26. The standard InChI is InChI=1S/C14H20BrF3N2O/c1-19-13(11-3-2-4-12(15)9-11)5-6-20(7-8-21)10-14(16,17)18/h2-4,9,13,19,21H,5-8,10H2,1H3. The van der Waals surface area contributed by atoms with E-state index in [4.69, 9.17) is 5.11 Å². The highest BCUT2D eigenvalue weighted by atomic mass is 79.9. The summed E-state index contributed by atoms with van der Waals surface area (Å²) >= 11 is 3.38. The van der Waals surface area contributed by atoms with E-state index >= 15 is 0 Å². The number of nitrogens with one attached hydrogen (secondary N) is 1. The lowest BCUT2D eigenvalue weighted by molar-refractivity contribution is -0.147. The van der Waals surface area contributed by atoms with Crippen LogP contribution < -0.4 is 5.32 Å². The van der Waals surface area contributed by atoms with Crippen molar-refractivity contribution in [1.82, 2.24) is 10.2 Å². The highest BCUT2D eigenvalue weighted by molar-refractivity contribution is 9.10. The number of rotatable bonds is 8. The monoisotopic (exact) mass is 368 g/mol. The highest BCUT2D eigenvalue weighted by Crippen LogP contribution is 2.22. The van der Waals surface area contributed by atoms with Gasteiger partial charge in [-0.3, -0.25) is 4.90 Å². The average molecular weight is 369 g/mol. The molecular weight excluding hydrogens is 349 g/mol. The second-order valence-electron chi connectivity index (χ2n) is 4.80. The molecule has 0 aliphatic carbocycles. The molecule has 7 heteroatoms. The fraction of sp³-hybridized carbons (Fsp3) is 0.571. The molecule has 0 aliphatic rings. The Kier molecular flexibility index (Phi) is 7.65. The third-order valence-corrected chi connectivity index (χ3v) is 3.65. The first-order valence-corrected chi connectivity index (χ1v) is 7.47. The Morgan fingerprint density at radius 3 is 2.57 bits per heavy atom. The van der Waals surface area contributed by atoms with Crippen LogP contribution in [-0.4, -0.2) is 49.5 Å². The summed E-state index contributed by atoms with van der Waals surface area (Å²) in [5, 5.41) is 12.0. The highest BCUT2D eigenvalue weighted by Gasteiger charge is 2.30. The van der Waals surface area contributed by atoms with Gasteiger partial charge < -0.3 is 10.4 Å². The van der Waals surface area contributed by atoms with Crippen LogP contribution in [0.3, 0.4) is 0 Å². The molecule has 0 aromatic heterocycles. The fourth-order valence-corrected chi connectivity index (χ4v) is 2.59. The zero-order chi connectivity index (χ0) is 15.9. The Morgan fingerprint density at radius 1 is 1.33 bits per heavy atom. The van der Waals surface area contributed by atoms with Crippen LogP contribution in [0.15, 0.2) is 28.7 Å². The van der Waals surface area contributed by atoms with E-state index in [9.17, 15) is 13.2 Å². The minimum absolute atomic E-state index is 0.0223. The number of hydrogen-bond acceptors (Lipinski definition) is 3. The van der Waals surface area contributed by atoms with Gasteiger partial charge in [-0.1, -0.05) is 28.1 Å². The quantitative estimate of drug-likeness (QED) is 0.740. The van der Waals surface area contributed by atoms with Gasteiger partial charge in [-0.2, -0.15) is 13.2 Å². The summed E-state index contributed by atoms with van der Waals surface area (Å²) in [5.74, 6) is 0. The van der Waals surface area contributed by atoms with E-state index in [0.29, 0.717) is 6.42 Å². The van der Waals surface area contributed by atoms with Crippen LogP contribution in [0.5, 0.6) is 0 Å². The van der Waals surface area contributed by atoms with Crippen molar-refractivity contribution in [3.8, 4) is 0 Å².